The SMILES string of the molecule is Cc1ccc2cc(NC(=O)c3ccc(-c4ccccc4F)nc3)ccc2n1. The van der Waals surface area contributed by atoms with Crippen molar-refractivity contribution in [3.63, 3.8) is 0 Å². The van der Waals surface area contributed by atoms with Crippen molar-refractivity contribution in [2.75, 3.05) is 5.32 Å². The summed E-state index contributed by atoms with van der Waals surface area (Å²) in [6.45, 7) is 1.94. The fraction of sp³-hybridized carbons (Fsp3) is 0.0455. The van der Waals surface area contributed by atoms with Crippen LogP contribution in [0.2, 0.25) is 0 Å². The highest BCUT2D eigenvalue weighted by Gasteiger charge is 2.10. The lowest BCUT2D eigenvalue weighted by Gasteiger charge is -2.08. The monoisotopic (exact) mass is 357 g/mol. The Balaban J connectivity index is 1.55. The second kappa shape index (κ2) is 6.96. The molecule has 0 atom stereocenters. The number of nitrogens with zero attached hydrogens (tertiary/aromatic N) is 2. The van der Waals surface area contributed by atoms with Gasteiger partial charge in [-0.05, 0) is 55.5 Å². The summed E-state index contributed by atoms with van der Waals surface area (Å²) in [7, 11) is 0. The molecule has 1 amide bonds. The molecule has 2 aromatic heterocycles. The molecule has 0 saturated carbocycles. The van der Waals surface area contributed by atoms with Crippen LogP contribution in [0.3, 0.4) is 0 Å². The number of hydrogen-bond acceptors (Lipinski definition) is 3. The van der Waals surface area contributed by atoms with E-state index < -0.39 is 0 Å². The molecule has 0 saturated heterocycles. The summed E-state index contributed by atoms with van der Waals surface area (Å²) in [6.07, 6.45) is 1.45. The van der Waals surface area contributed by atoms with Crippen molar-refractivity contribution in [1.82, 2.24) is 9.97 Å². The van der Waals surface area contributed by atoms with E-state index in [4.69, 9.17) is 0 Å². The van der Waals surface area contributed by atoms with E-state index >= 15 is 0 Å². The number of aromatic nitrogens is 2. The van der Waals surface area contributed by atoms with Gasteiger partial charge in [0, 0.05) is 28.5 Å². The molecule has 0 aliphatic rings. The Morgan fingerprint density at radius 2 is 1.85 bits per heavy atom. The lowest BCUT2D eigenvalue weighted by Crippen LogP contribution is -2.12. The zero-order chi connectivity index (χ0) is 18.8. The minimum atomic E-state index is -0.345. The molecule has 2 aromatic carbocycles. The fourth-order valence-corrected chi connectivity index (χ4v) is 2.86. The first kappa shape index (κ1) is 16.8. The highest BCUT2D eigenvalue weighted by molar-refractivity contribution is 6.05. The molecule has 2 heterocycles. The molecule has 27 heavy (non-hydrogen) atoms. The zero-order valence-electron chi connectivity index (χ0n) is 14.6. The summed E-state index contributed by atoms with van der Waals surface area (Å²) >= 11 is 0. The van der Waals surface area contributed by atoms with Crippen LogP contribution in [-0.4, -0.2) is 15.9 Å². The van der Waals surface area contributed by atoms with Crippen LogP contribution in [0.5, 0.6) is 0 Å². The summed E-state index contributed by atoms with van der Waals surface area (Å²) in [5.74, 6) is -0.621. The van der Waals surface area contributed by atoms with E-state index in [1.807, 2.05) is 37.3 Å². The van der Waals surface area contributed by atoms with Crippen molar-refractivity contribution in [1.29, 1.82) is 0 Å². The van der Waals surface area contributed by atoms with Crippen LogP contribution in [0, 0.1) is 12.7 Å². The van der Waals surface area contributed by atoms with E-state index in [-0.39, 0.29) is 11.7 Å². The number of aryl methyl sites for hydroxylation is 1. The van der Waals surface area contributed by atoms with Gasteiger partial charge in [-0.25, -0.2) is 4.39 Å². The van der Waals surface area contributed by atoms with Crippen LogP contribution in [0.15, 0.2) is 72.9 Å². The van der Waals surface area contributed by atoms with Crippen molar-refractivity contribution in [3.05, 3.63) is 90.0 Å². The quantitative estimate of drug-likeness (QED) is 0.561. The maximum Gasteiger partial charge on any atom is 0.257 e. The Kier molecular flexibility index (Phi) is 4.34. The molecule has 0 aliphatic carbocycles. The maximum absolute atomic E-state index is 13.9. The van der Waals surface area contributed by atoms with Crippen molar-refractivity contribution in [3.8, 4) is 11.3 Å². The second-order valence-electron chi connectivity index (χ2n) is 6.23. The Morgan fingerprint density at radius 1 is 1.00 bits per heavy atom. The van der Waals surface area contributed by atoms with Crippen LogP contribution in [0.4, 0.5) is 10.1 Å². The average Bonchev–Trinajstić information content (AvgIpc) is 2.68. The number of anilines is 1. The maximum atomic E-state index is 13.9. The lowest BCUT2D eigenvalue weighted by atomic mass is 10.1. The topological polar surface area (TPSA) is 54.9 Å². The number of carbonyl (C=O) groups is 1. The third-order valence-corrected chi connectivity index (χ3v) is 4.26. The highest BCUT2D eigenvalue weighted by Crippen LogP contribution is 2.21. The smallest absolute Gasteiger partial charge is 0.257 e. The molecule has 5 heteroatoms. The van der Waals surface area contributed by atoms with E-state index in [1.165, 1.54) is 12.3 Å². The van der Waals surface area contributed by atoms with Gasteiger partial charge in [-0.15, -0.1) is 0 Å². The Bertz CT molecular complexity index is 1140. The highest BCUT2D eigenvalue weighted by atomic mass is 19.1. The number of amides is 1. The van der Waals surface area contributed by atoms with Gasteiger partial charge in [0.2, 0.25) is 0 Å². The molecule has 0 bridgehead atoms. The number of nitrogens with one attached hydrogen (secondary N) is 1. The van der Waals surface area contributed by atoms with Crippen LogP contribution < -0.4 is 5.32 Å². The number of rotatable bonds is 3. The van der Waals surface area contributed by atoms with Crippen LogP contribution in [0.25, 0.3) is 22.2 Å². The molecule has 0 aliphatic heterocycles. The number of benzene rings is 2. The molecule has 4 nitrogen and oxygen atoms in total. The van der Waals surface area contributed by atoms with E-state index in [0.29, 0.717) is 22.5 Å². The normalized spacial score (nSPS) is 10.7. The molecular weight excluding hydrogens is 341 g/mol. The van der Waals surface area contributed by atoms with Crippen molar-refractivity contribution >= 4 is 22.5 Å². The summed E-state index contributed by atoms with van der Waals surface area (Å²) in [5.41, 5.74) is 3.79. The van der Waals surface area contributed by atoms with Crippen molar-refractivity contribution in [2.45, 2.75) is 6.92 Å². The van der Waals surface area contributed by atoms with Gasteiger partial charge in [0.1, 0.15) is 5.82 Å². The zero-order valence-corrected chi connectivity index (χ0v) is 14.6. The predicted molar refractivity (Wildman–Crippen MR) is 104 cm³/mol. The van der Waals surface area contributed by atoms with Gasteiger partial charge in [-0.1, -0.05) is 18.2 Å². The minimum Gasteiger partial charge on any atom is -0.322 e. The van der Waals surface area contributed by atoms with Gasteiger partial charge < -0.3 is 5.32 Å². The van der Waals surface area contributed by atoms with E-state index in [9.17, 15) is 9.18 Å². The standard InChI is InChI=1S/C22H16FN3O/c1-14-6-7-15-12-17(9-11-20(15)25-14)26-22(27)16-8-10-21(24-13-16)18-4-2-3-5-19(18)23/h2-13H,1H3,(H,26,27). The van der Waals surface area contributed by atoms with Crippen LogP contribution in [0.1, 0.15) is 16.1 Å². The summed E-state index contributed by atoms with van der Waals surface area (Å²) in [6, 6.07) is 19.1. The number of hydrogen-bond donors (Lipinski definition) is 1. The summed E-state index contributed by atoms with van der Waals surface area (Å²) in [4.78, 5) is 21.1. The van der Waals surface area contributed by atoms with E-state index in [0.717, 1.165) is 16.6 Å². The Labute approximate surface area is 155 Å². The lowest BCUT2D eigenvalue weighted by molar-refractivity contribution is 0.102. The van der Waals surface area contributed by atoms with E-state index in [2.05, 4.69) is 15.3 Å². The first-order valence-corrected chi connectivity index (χ1v) is 8.50. The summed E-state index contributed by atoms with van der Waals surface area (Å²) in [5, 5.41) is 3.81. The third kappa shape index (κ3) is 3.53. The third-order valence-electron chi connectivity index (χ3n) is 4.26. The number of halogens is 1. The molecule has 0 fully saturated rings. The largest absolute Gasteiger partial charge is 0.322 e. The second-order valence-corrected chi connectivity index (χ2v) is 6.23. The molecule has 0 unspecified atom stereocenters. The molecule has 132 valence electrons. The van der Waals surface area contributed by atoms with Crippen LogP contribution >= 0.6 is 0 Å². The number of carbonyl (C=O) groups excluding carboxylic acids is 1. The number of pyridine rings is 2. The van der Waals surface area contributed by atoms with Crippen molar-refractivity contribution < 1.29 is 9.18 Å². The number of fused-ring (bicyclic) bond motifs is 1. The fourth-order valence-electron chi connectivity index (χ4n) is 2.86. The minimum absolute atomic E-state index is 0.276. The van der Waals surface area contributed by atoms with Crippen molar-refractivity contribution in [2.24, 2.45) is 0 Å². The first-order valence-electron chi connectivity index (χ1n) is 8.50. The Hall–Kier alpha value is -3.60. The van der Waals surface area contributed by atoms with Gasteiger partial charge in [0.15, 0.2) is 0 Å². The molecular formula is C22H16FN3O. The molecule has 0 spiro atoms. The molecule has 4 rings (SSSR count). The summed E-state index contributed by atoms with van der Waals surface area (Å²) < 4.78 is 13.9. The molecule has 1 N–H and O–H groups in total. The molecule has 4 aromatic rings. The predicted octanol–water partition coefficient (Wildman–Crippen LogP) is 5.00. The average molecular weight is 357 g/mol. The van der Waals surface area contributed by atoms with E-state index in [1.54, 1.807) is 30.3 Å². The van der Waals surface area contributed by atoms with Gasteiger partial charge in [-0.2, -0.15) is 0 Å². The van der Waals surface area contributed by atoms with Gasteiger partial charge in [0.05, 0.1) is 16.8 Å². The first-order chi connectivity index (χ1) is 13.1. The van der Waals surface area contributed by atoms with Gasteiger partial charge in [0.25, 0.3) is 5.91 Å². The van der Waals surface area contributed by atoms with Gasteiger partial charge >= 0.3 is 0 Å². The van der Waals surface area contributed by atoms with Crippen LogP contribution in [-0.2, 0) is 0 Å². The Morgan fingerprint density at radius 3 is 2.63 bits per heavy atom. The van der Waals surface area contributed by atoms with Gasteiger partial charge in [-0.3, -0.25) is 14.8 Å². The molecule has 0 radical (unpaired) electrons.